The Balaban J connectivity index is 1.91. The van der Waals surface area contributed by atoms with E-state index >= 15 is 0 Å². The molecule has 2 aliphatic rings. The van der Waals surface area contributed by atoms with Crippen LogP contribution in [0, 0.1) is 0 Å². The summed E-state index contributed by atoms with van der Waals surface area (Å²) in [7, 11) is 1.54. The van der Waals surface area contributed by atoms with Gasteiger partial charge in [0.2, 0.25) is 0 Å². The summed E-state index contributed by atoms with van der Waals surface area (Å²) in [5.74, 6) is -0.207. The number of halogens is 2. The minimum Gasteiger partial charge on any atom is -0.356 e. The lowest BCUT2D eigenvalue weighted by Crippen LogP contribution is -2.22. The predicted molar refractivity (Wildman–Crippen MR) is 95.0 cm³/mol. The van der Waals surface area contributed by atoms with Crippen LogP contribution in [-0.4, -0.2) is 13.0 Å². The van der Waals surface area contributed by atoms with Crippen molar-refractivity contribution in [3.8, 4) is 0 Å². The molecular weight excluding hydrogens is 349 g/mol. The minimum absolute atomic E-state index is 0.207. The molecule has 122 valence electrons. The van der Waals surface area contributed by atoms with Crippen molar-refractivity contribution in [1.29, 1.82) is 0 Å². The van der Waals surface area contributed by atoms with E-state index in [1.165, 1.54) is 0 Å². The first-order valence-electron chi connectivity index (χ1n) is 7.29. The monoisotopic (exact) mass is 361 g/mol. The Labute approximate surface area is 148 Å². The van der Waals surface area contributed by atoms with Crippen LogP contribution in [0.5, 0.6) is 0 Å². The van der Waals surface area contributed by atoms with Gasteiger partial charge in [-0.2, -0.15) is 5.48 Å². The molecule has 0 aliphatic carbocycles. The van der Waals surface area contributed by atoms with Crippen LogP contribution in [0.25, 0.3) is 5.57 Å². The minimum atomic E-state index is -0.285. The van der Waals surface area contributed by atoms with Crippen LogP contribution in [0.15, 0.2) is 42.1 Å². The largest absolute Gasteiger partial charge is 0.356 e. The van der Waals surface area contributed by atoms with Crippen LogP contribution in [0.4, 0.5) is 11.4 Å². The van der Waals surface area contributed by atoms with Gasteiger partial charge in [0.05, 0.1) is 40.2 Å². The number of fused-ring (bicyclic) bond motifs is 2. The Morgan fingerprint density at radius 1 is 1.08 bits per heavy atom. The third-order valence-corrected chi connectivity index (χ3v) is 4.86. The van der Waals surface area contributed by atoms with Gasteiger partial charge in [-0.15, -0.1) is 0 Å². The van der Waals surface area contributed by atoms with Crippen molar-refractivity contribution in [3.63, 3.8) is 0 Å². The molecule has 0 saturated heterocycles. The first kappa shape index (κ1) is 15.5. The maximum atomic E-state index is 12.6. The summed E-state index contributed by atoms with van der Waals surface area (Å²) in [5.41, 5.74) is 7.47. The topological polar surface area (TPSA) is 62.4 Å². The lowest BCUT2D eigenvalue weighted by molar-refractivity contribution is -0.110. The quantitative estimate of drug-likeness (QED) is 0.559. The van der Waals surface area contributed by atoms with Gasteiger partial charge < -0.3 is 15.5 Å². The molecule has 2 aliphatic heterocycles. The van der Waals surface area contributed by atoms with E-state index < -0.39 is 0 Å². The molecule has 7 heteroatoms. The number of para-hydroxylation sites is 1. The SMILES string of the molecule is CONC1/C(=C2/C(=O)Nc3cc(Cl)c(Cl)cc32)Nc2ccccc21. The summed E-state index contributed by atoms with van der Waals surface area (Å²) in [6.45, 7) is 0. The highest BCUT2D eigenvalue weighted by molar-refractivity contribution is 6.43. The molecule has 0 saturated carbocycles. The third kappa shape index (κ3) is 2.29. The number of hydroxylamine groups is 1. The van der Waals surface area contributed by atoms with Gasteiger partial charge in [0.1, 0.15) is 0 Å². The lowest BCUT2D eigenvalue weighted by atomic mass is 9.99. The van der Waals surface area contributed by atoms with Crippen molar-refractivity contribution in [2.24, 2.45) is 0 Å². The van der Waals surface area contributed by atoms with Crippen LogP contribution in [0.2, 0.25) is 10.0 Å². The van der Waals surface area contributed by atoms with E-state index in [1.54, 1.807) is 19.2 Å². The average Bonchev–Trinajstić information content (AvgIpc) is 3.06. The molecule has 0 bridgehead atoms. The van der Waals surface area contributed by atoms with Gasteiger partial charge in [0, 0.05) is 16.8 Å². The molecule has 0 aromatic heterocycles. The standard InChI is InChI=1S/C17H13Cl2N3O2/c1-24-22-15-8-4-2-3-5-12(8)20-16(15)14-9-6-10(18)11(19)7-13(9)21-17(14)23/h2-7,15,20,22H,1H3,(H,21,23)/b16-14-. The number of anilines is 2. The number of nitrogens with one attached hydrogen (secondary N) is 3. The number of carbonyl (C=O) groups is 1. The second kappa shape index (κ2) is 5.79. The van der Waals surface area contributed by atoms with Gasteiger partial charge in [-0.05, 0) is 18.2 Å². The first-order chi connectivity index (χ1) is 11.6. The highest BCUT2D eigenvalue weighted by Crippen LogP contribution is 2.45. The van der Waals surface area contributed by atoms with Crippen molar-refractivity contribution in [2.75, 3.05) is 17.7 Å². The molecule has 0 spiro atoms. The van der Waals surface area contributed by atoms with E-state index in [0.29, 0.717) is 32.6 Å². The molecule has 24 heavy (non-hydrogen) atoms. The van der Waals surface area contributed by atoms with Gasteiger partial charge in [-0.3, -0.25) is 4.79 Å². The Bertz CT molecular complexity index is 895. The molecular formula is C17H13Cl2N3O2. The summed E-state index contributed by atoms with van der Waals surface area (Å²) in [6.07, 6.45) is 0. The van der Waals surface area contributed by atoms with E-state index in [1.807, 2.05) is 24.3 Å². The number of rotatable bonds is 2. The van der Waals surface area contributed by atoms with Crippen molar-refractivity contribution in [2.45, 2.75) is 6.04 Å². The second-order valence-electron chi connectivity index (χ2n) is 5.52. The Morgan fingerprint density at radius 3 is 2.62 bits per heavy atom. The Hall–Kier alpha value is -2.05. The number of benzene rings is 2. The summed E-state index contributed by atoms with van der Waals surface area (Å²) >= 11 is 12.2. The third-order valence-electron chi connectivity index (χ3n) is 4.14. The van der Waals surface area contributed by atoms with Gasteiger partial charge in [-0.25, -0.2) is 0 Å². The fourth-order valence-corrected chi connectivity index (χ4v) is 3.44. The molecule has 2 heterocycles. The summed E-state index contributed by atoms with van der Waals surface area (Å²) in [4.78, 5) is 17.7. The summed E-state index contributed by atoms with van der Waals surface area (Å²) in [6, 6.07) is 10.9. The fourth-order valence-electron chi connectivity index (χ4n) is 3.11. The molecule has 1 amide bonds. The van der Waals surface area contributed by atoms with Crippen molar-refractivity contribution >= 4 is 46.1 Å². The summed E-state index contributed by atoms with van der Waals surface area (Å²) < 4.78 is 0. The van der Waals surface area contributed by atoms with E-state index in [0.717, 1.165) is 11.3 Å². The van der Waals surface area contributed by atoms with Crippen molar-refractivity contribution in [3.05, 3.63) is 63.3 Å². The molecule has 3 N–H and O–H groups in total. The smallest absolute Gasteiger partial charge is 0.258 e. The Morgan fingerprint density at radius 2 is 1.83 bits per heavy atom. The molecule has 0 radical (unpaired) electrons. The lowest BCUT2D eigenvalue weighted by Gasteiger charge is -2.15. The number of amides is 1. The number of hydrogen-bond acceptors (Lipinski definition) is 4. The molecule has 4 rings (SSSR count). The van der Waals surface area contributed by atoms with Crippen LogP contribution >= 0.6 is 23.2 Å². The van der Waals surface area contributed by atoms with Crippen LogP contribution in [0.1, 0.15) is 17.2 Å². The molecule has 1 atom stereocenters. The van der Waals surface area contributed by atoms with Crippen molar-refractivity contribution in [1.82, 2.24) is 5.48 Å². The van der Waals surface area contributed by atoms with Crippen molar-refractivity contribution < 1.29 is 9.63 Å². The maximum Gasteiger partial charge on any atom is 0.258 e. The summed E-state index contributed by atoms with van der Waals surface area (Å²) in [5, 5.41) is 6.95. The normalized spacial score (nSPS) is 21.3. The highest BCUT2D eigenvalue weighted by Gasteiger charge is 2.36. The zero-order valence-corrected chi connectivity index (χ0v) is 14.1. The van der Waals surface area contributed by atoms with E-state index in [9.17, 15) is 4.79 Å². The average molecular weight is 362 g/mol. The first-order valence-corrected chi connectivity index (χ1v) is 8.05. The van der Waals surface area contributed by atoms with E-state index in [4.69, 9.17) is 28.0 Å². The number of carbonyl (C=O) groups excluding carboxylic acids is 1. The zero-order chi connectivity index (χ0) is 16.8. The van der Waals surface area contributed by atoms with E-state index in [-0.39, 0.29) is 11.9 Å². The van der Waals surface area contributed by atoms with Crippen LogP contribution in [-0.2, 0) is 9.63 Å². The molecule has 2 aromatic rings. The molecule has 2 aromatic carbocycles. The van der Waals surface area contributed by atoms with Gasteiger partial charge >= 0.3 is 0 Å². The van der Waals surface area contributed by atoms with Gasteiger partial charge in [0.25, 0.3) is 5.91 Å². The molecule has 1 unspecified atom stereocenters. The van der Waals surface area contributed by atoms with Gasteiger partial charge in [0.15, 0.2) is 0 Å². The van der Waals surface area contributed by atoms with Gasteiger partial charge in [-0.1, -0.05) is 41.4 Å². The second-order valence-corrected chi connectivity index (χ2v) is 6.34. The number of hydrogen-bond donors (Lipinski definition) is 3. The van der Waals surface area contributed by atoms with E-state index in [2.05, 4.69) is 16.1 Å². The molecule has 5 nitrogen and oxygen atoms in total. The Kier molecular flexibility index (Phi) is 3.73. The van der Waals surface area contributed by atoms with Crippen LogP contribution in [0.3, 0.4) is 0 Å². The maximum absolute atomic E-state index is 12.6. The zero-order valence-electron chi connectivity index (χ0n) is 12.6. The fraction of sp³-hybridized carbons (Fsp3) is 0.118. The van der Waals surface area contributed by atoms with Crippen LogP contribution < -0.4 is 16.1 Å². The highest BCUT2D eigenvalue weighted by atomic mass is 35.5. The predicted octanol–water partition coefficient (Wildman–Crippen LogP) is 3.97. The molecule has 0 fully saturated rings.